The average molecular weight is 537 g/mol. The first-order chi connectivity index (χ1) is 13.8. The summed E-state index contributed by atoms with van der Waals surface area (Å²) in [5, 5.41) is 2.82. The van der Waals surface area contributed by atoms with Crippen molar-refractivity contribution in [2.75, 3.05) is 29.9 Å². The molecule has 30 heavy (non-hydrogen) atoms. The number of nitrogens with one attached hydrogen (secondary N) is 1. The Morgan fingerprint density at radius 1 is 1.30 bits per heavy atom. The summed E-state index contributed by atoms with van der Waals surface area (Å²) in [4.78, 5) is 10.9. The maximum absolute atomic E-state index is 12.2. The molecule has 3 N–H and O–H groups in total. The van der Waals surface area contributed by atoms with E-state index in [1.807, 2.05) is 19.1 Å². The maximum Gasteiger partial charge on any atom is 0.573 e. The molecular weight excluding hydrogens is 514 g/mol. The number of benzene rings is 1. The van der Waals surface area contributed by atoms with Crippen LogP contribution in [-0.4, -0.2) is 43.1 Å². The lowest BCUT2D eigenvalue weighted by atomic mass is 10.2. The molecule has 1 aromatic carbocycles. The van der Waals surface area contributed by atoms with Crippen LogP contribution in [0.25, 0.3) is 0 Å². The number of nitrogens with two attached hydrogens (primary N) is 1. The minimum absolute atomic E-state index is 0. The molecule has 1 aliphatic rings. The molecule has 0 bridgehead atoms. The number of ether oxygens (including phenoxy) is 2. The maximum atomic E-state index is 12.2. The number of nitrogens with zero attached hydrogens (tertiary/aromatic N) is 3. The summed E-state index contributed by atoms with van der Waals surface area (Å²) >= 11 is 0. The van der Waals surface area contributed by atoms with Gasteiger partial charge in [0, 0.05) is 25.0 Å². The van der Waals surface area contributed by atoms with Gasteiger partial charge in [0.1, 0.15) is 11.6 Å². The number of aliphatic imine (C=N–C) groups is 1. The lowest BCUT2D eigenvalue weighted by Gasteiger charge is -2.32. The highest BCUT2D eigenvalue weighted by atomic mass is 127. The van der Waals surface area contributed by atoms with Crippen molar-refractivity contribution in [3.63, 3.8) is 0 Å². The molecule has 11 heteroatoms. The summed E-state index contributed by atoms with van der Waals surface area (Å²) in [6, 6.07) is 9.09. The van der Waals surface area contributed by atoms with Gasteiger partial charge in [-0.1, -0.05) is 6.07 Å². The fraction of sp³-hybridized carbons (Fsp3) is 0.368. The molecule has 0 amide bonds. The summed E-state index contributed by atoms with van der Waals surface area (Å²) in [7, 11) is 0. The van der Waals surface area contributed by atoms with Crippen molar-refractivity contribution in [3.8, 4) is 5.75 Å². The SMILES string of the molecule is CC1CN(c2ccc(CN=C(N)Nc3ccc(OC(F)(F)F)cc3)cn2)CCO1.I. The van der Waals surface area contributed by atoms with Crippen LogP contribution in [0, 0.1) is 0 Å². The van der Waals surface area contributed by atoms with Crippen molar-refractivity contribution in [1.82, 2.24) is 4.98 Å². The second-order valence-corrected chi connectivity index (χ2v) is 6.55. The minimum atomic E-state index is -4.72. The van der Waals surface area contributed by atoms with Gasteiger partial charge in [-0.2, -0.15) is 0 Å². The first-order valence-corrected chi connectivity index (χ1v) is 9.03. The van der Waals surface area contributed by atoms with E-state index >= 15 is 0 Å². The molecule has 1 aromatic heterocycles. The van der Waals surface area contributed by atoms with E-state index in [1.54, 1.807) is 6.20 Å². The Balaban J connectivity index is 0.00000320. The molecule has 3 rings (SSSR count). The second kappa shape index (κ2) is 10.7. The zero-order valence-corrected chi connectivity index (χ0v) is 18.6. The molecule has 1 atom stereocenters. The van der Waals surface area contributed by atoms with Crippen molar-refractivity contribution in [2.24, 2.45) is 10.7 Å². The molecule has 1 aliphatic heterocycles. The monoisotopic (exact) mass is 537 g/mol. The highest BCUT2D eigenvalue weighted by molar-refractivity contribution is 14.0. The first-order valence-electron chi connectivity index (χ1n) is 9.03. The predicted octanol–water partition coefficient (Wildman–Crippen LogP) is 3.75. The molecule has 0 spiro atoms. The van der Waals surface area contributed by atoms with Crippen LogP contribution in [0.5, 0.6) is 5.75 Å². The summed E-state index contributed by atoms with van der Waals surface area (Å²) in [6.45, 7) is 4.63. The molecule has 1 unspecified atom stereocenters. The Morgan fingerprint density at radius 2 is 2.03 bits per heavy atom. The summed E-state index contributed by atoms with van der Waals surface area (Å²) in [5.74, 6) is 0.722. The Hall–Kier alpha value is -2.28. The number of halogens is 4. The number of aromatic nitrogens is 1. The fourth-order valence-electron chi connectivity index (χ4n) is 2.83. The van der Waals surface area contributed by atoms with Gasteiger partial charge in [0.25, 0.3) is 0 Å². The number of rotatable bonds is 5. The van der Waals surface area contributed by atoms with Crippen LogP contribution in [0.3, 0.4) is 0 Å². The summed E-state index contributed by atoms with van der Waals surface area (Å²) in [5.41, 5.74) is 7.22. The van der Waals surface area contributed by atoms with Crippen LogP contribution >= 0.6 is 24.0 Å². The lowest BCUT2D eigenvalue weighted by molar-refractivity contribution is -0.274. The van der Waals surface area contributed by atoms with Gasteiger partial charge in [-0.25, -0.2) is 9.98 Å². The van der Waals surface area contributed by atoms with Crippen molar-refractivity contribution in [3.05, 3.63) is 48.2 Å². The van der Waals surface area contributed by atoms with E-state index in [0.29, 0.717) is 18.8 Å². The smallest absolute Gasteiger partial charge is 0.406 e. The van der Waals surface area contributed by atoms with E-state index in [0.717, 1.165) is 24.5 Å². The standard InChI is InChI=1S/C19H22F3N5O2.HI/c1-13-12-27(8-9-28-13)17-7-2-14(10-24-17)11-25-18(23)26-15-3-5-16(6-4-15)29-19(20,21)22;/h2-7,10,13H,8-9,11-12H2,1H3,(H3,23,25,26);1H. The fourth-order valence-corrected chi connectivity index (χ4v) is 2.83. The van der Waals surface area contributed by atoms with Gasteiger partial charge in [-0.05, 0) is 42.8 Å². The zero-order chi connectivity index (χ0) is 20.9. The number of morpholine rings is 1. The first kappa shape index (κ1) is 24.0. The van der Waals surface area contributed by atoms with E-state index in [4.69, 9.17) is 10.5 Å². The Bertz CT molecular complexity index is 832. The molecular formula is C19H23F3IN5O2. The summed E-state index contributed by atoms with van der Waals surface area (Å²) < 4.78 is 45.9. The Kier molecular flexibility index (Phi) is 8.53. The zero-order valence-electron chi connectivity index (χ0n) is 16.2. The Labute approximate surface area is 189 Å². The van der Waals surface area contributed by atoms with Crippen LogP contribution in [0.15, 0.2) is 47.6 Å². The average Bonchev–Trinajstić information content (AvgIpc) is 2.67. The third-order valence-electron chi connectivity index (χ3n) is 4.17. The van der Waals surface area contributed by atoms with Crippen LogP contribution in [0.1, 0.15) is 12.5 Å². The van der Waals surface area contributed by atoms with Crippen molar-refractivity contribution in [2.45, 2.75) is 25.9 Å². The van der Waals surface area contributed by atoms with Crippen LogP contribution in [-0.2, 0) is 11.3 Å². The molecule has 0 radical (unpaired) electrons. The molecule has 2 aromatic rings. The molecule has 7 nitrogen and oxygen atoms in total. The van der Waals surface area contributed by atoms with Crippen LogP contribution in [0.4, 0.5) is 24.7 Å². The predicted molar refractivity (Wildman–Crippen MR) is 119 cm³/mol. The molecule has 164 valence electrons. The highest BCUT2D eigenvalue weighted by Crippen LogP contribution is 2.24. The number of pyridine rings is 1. The van der Waals surface area contributed by atoms with E-state index in [2.05, 4.69) is 24.9 Å². The summed E-state index contributed by atoms with van der Waals surface area (Å²) in [6.07, 6.45) is -2.80. The van der Waals surface area contributed by atoms with Gasteiger partial charge in [0.2, 0.25) is 0 Å². The largest absolute Gasteiger partial charge is 0.573 e. The van der Waals surface area contributed by atoms with E-state index in [9.17, 15) is 13.2 Å². The van der Waals surface area contributed by atoms with Gasteiger partial charge in [-0.3, -0.25) is 0 Å². The van der Waals surface area contributed by atoms with Crippen molar-refractivity contribution < 1.29 is 22.6 Å². The van der Waals surface area contributed by atoms with Crippen LogP contribution < -0.4 is 20.7 Å². The quantitative estimate of drug-likeness (QED) is 0.344. The number of hydrogen-bond acceptors (Lipinski definition) is 5. The second-order valence-electron chi connectivity index (χ2n) is 6.55. The van der Waals surface area contributed by atoms with E-state index < -0.39 is 6.36 Å². The number of anilines is 2. The topological polar surface area (TPSA) is 85.0 Å². The van der Waals surface area contributed by atoms with Gasteiger partial charge in [0.05, 0.1) is 19.3 Å². The molecule has 0 saturated carbocycles. The molecule has 1 saturated heterocycles. The minimum Gasteiger partial charge on any atom is -0.406 e. The van der Waals surface area contributed by atoms with Gasteiger partial charge in [0.15, 0.2) is 5.96 Å². The molecule has 0 aliphatic carbocycles. The van der Waals surface area contributed by atoms with Crippen LogP contribution in [0.2, 0.25) is 0 Å². The van der Waals surface area contributed by atoms with Gasteiger partial charge < -0.3 is 25.4 Å². The van der Waals surface area contributed by atoms with Gasteiger partial charge in [-0.15, -0.1) is 37.1 Å². The highest BCUT2D eigenvalue weighted by Gasteiger charge is 2.30. The van der Waals surface area contributed by atoms with Crippen molar-refractivity contribution >= 4 is 41.4 Å². The number of alkyl halides is 3. The normalized spacial score (nSPS) is 17.3. The molecule has 1 fully saturated rings. The third kappa shape index (κ3) is 7.52. The molecule has 2 heterocycles. The Morgan fingerprint density at radius 3 is 2.63 bits per heavy atom. The van der Waals surface area contributed by atoms with Crippen molar-refractivity contribution in [1.29, 1.82) is 0 Å². The number of hydrogen-bond donors (Lipinski definition) is 2. The lowest BCUT2D eigenvalue weighted by Crippen LogP contribution is -2.41. The van der Waals surface area contributed by atoms with E-state index in [-0.39, 0.29) is 41.8 Å². The third-order valence-corrected chi connectivity index (χ3v) is 4.17. The van der Waals surface area contributed by atoms with Gasteiger partial charge >= 0.3 is 6.36 Å². The van der Waals surface area contributed by atoms with E-state index in [1.165, 1.54) is 24.3 Å². The number of guanidine groups is 1.